The summed E-state index contributed by atoms with van der Waals surface area (Å²) in [6.07, 6.45) is 1.15. The maximum atomic E-state index is 9.52. The molecule has 0 spiro atoms. The molecule has 4 nitrogen and oxygen atoms in total. The third-order valence-corrected chi connectivity index (χ3v) is 3.18. The number of nitrogens with one attached hydrogen (secondary N) is 1. The molecule has 20 heavy (non-hydrogen) atoms. The summed E-state index contributed by atoms with van der Waals surface area (Å²) in [5, 5.41) is 13.1. The van der Waals surface area contributed by atoms with Crippen LogP contribution in [0.1, 0.15) is 19.8 Å². The van der Waals surface area contributed by atoms with Gasteiger partial charge in [-0.15, -0.1) is 0 Å². The quantitative estimate of drug-likeness (QED) is 0.801. The van der Waals surface area contributed by atoms with Gasteiger partial charge in [0.1, 0.15) is 11.0 Å². The molecular weight excluding hydrogens is 274 g/mol. The van der Waals surface area contributed by atoms with Crippen molar-refractivity contribution in [2.75, 3.05) is 11.9 Å². The fraction of sp³-hybridized carbons (Fsp3) is 0.333. The second kappa shape index (κ2) is 7.22. The second-order valence-corrected chi connectivity index (χ2v) is 4.93. The number of aliphatic hydroxyl groups excluding tert-OH is 1. The van der Waals surface area contributed by atoms with Crippen LogP contribution in [0.4, 0.5) is 5.82 Å². The summed E-state index contributed by atoms with van der Waals surface area (Å²) in [4.78, 5) is 8.67. The summed E-state index contributed by atoms with van der Waals surface area (Å²) in [5.74, 6) is 1.27. The second-order valence-electron chi connectivity index (χ2n) is 4.54. The number of aliphatic hydroxyl groups is 1. The van der Waals surface area contributed by atoms with Crippen LogP contribution in [0.5, 0.6) is 0 Å². The van der Waals surface area contributed by atoms with Gasteiger partial charge in [0, 0.05) is 18.2 Å². The SMILES string of the molecule is CCC(O)CCNc1cc(Cl)nc(-c2ccccc2)n1. The first-order valence-corrected chi connectivity index (χ1v) is 7.08. The largest absolute Gasteiger partial charge is 0.393 e. The Morgan fingerprint density at radius 2 is 2.00 bits per heavy atom. The molecule has 5 heteroatoms. The van der Waals surface area contributed by atoms with Gasteiger partial charge in [0.05, 0.1) is 6.10 Å². The number of hydrogen-bond donors (Lipinski definition) is 2. The van der Waals surface area contributed by atoms with Gasteiger partial charge in [-0.25, -0.2) is 9.97 Å². The minimum Gasteiger partial charge on any atom is -0.393 e. The fourth-order valence-electron chi connectivity index (χ4n) is 1.80. The molecule has 2 rings (SSSR count). The van der Waals surface area contributed by atoms with E-state index in [1.807, 2.05) is 37.3 Å². The van der Waals surface area contributed by atoms with Crippen LogP contribution in [0, 0.1) is 0 Å². The zero-order valence-electron chi connectivity index (χ0n) is 11.4. The Balaban J connectivity index is 2.09. The van der Waals surface area contributed by atoms with Crippen molar-refractivity contribution in [2.45, 2.75) is 25.9 Å². The third kappa shape index (κ3) is 4.18. The average molecular weight is 292 g/mol. The lowest BCUT2D eigenvalue weighted by Crippen LogP contribution is -2.13. The maximum absolute atomic E-state index is 9.52. The number of rotatable bonds is 6. The molecule has 0 fully saturated rings. The molecule has 0 saturated carbocycles. The van der Waals surface area contributed by atoms with Crippen molar-refractivity contribution in [1.82, 2.24) is 9.97 Å². The topological polar surface area (TPSA) is 58.0 Å². The molecule has 0 bridgehead atoms. The van der Waals surface area contributed by atoms with Crippen LogP contribution in [0.2, 0.25) is 5.15 Å². The zero-order valence-corrected chi connectivity index (χ0v) is 12.1. The summed E-state index contributed by atoms with van der Waals surface area (Å²) in [5.41, 5.74) is 0.923. The highest BCUT2D eigenvalue weighted by molar-refractivity contribution is 6.29. The van der Waals surface area contributed by atoms with Gasteiger partial charge in [-0.3, -0.25) is 0 Å². The van der Waals surface area contributed by atoms with E-state index in [-0.39, 0.29) is 6.10 Å². The van der Waals surface area contributed by atoms with Gasteiger partial charge >= 0.3 is 0 Å². The van der Waals surface area contributed by atoms with E-state index in [9.17, 15) is 5.11 Å². The summed E-state index contributed by atoms with van der Waals surface area (Å²) in [7, 11) is 0. The molecule has 0 amide bonds. The van der Waals surface area contributed by atoms with Gasteiger partial charge in [-0.1, -0.05) is 48.9 Å². The third-order valence-electron chi connectivity index (χ3n) is 2.98. The fourth-order valence-corrected chi connectivity index (χ4v) is 1.98. The van der Waals surface area contributed by atoms with Crippen molar-refractivity contribution in [3.63, 3.8) is 0 Å². The van der Waals surface area contributed by atoms with Crippen LogP contribution in [-0.4, -0.2) is 27.7 Å². The number of benzene rings is 1. The van der Waals surface area contributed by atoms with Crippen molar-refractivity contribution in [2.24, 2.45) is 0 Å². The van der Waals surface area contributed by atoms with Gasteiger partial charge in [0.25, 0.3) is 0 Å². The summed E-state index contributed by atoms with van der Waals surface area (Å²) in [6, 6.07) is 11.4. The average Bonchev–Trinajstić information content (AvgIpc) is 2.47. The van der Waals surface area contributed by atoms with E-state index in [1.165, 1.54) is 0 Å². The van der Waals surface area contributed by atoms with Crippen LogP contribution in [0.3, 0.4) is 0 Å². The highest BCUT2D eigenvalue weighted by Gasteiger charge is 2.06. The van der Waals surface area contributed by atoms with Crippen molar-refractivity contribution in [3.8, 4) is 11.4 Å². The Kier molecular flexibility index (Phi) is 5.32. The Bertz CT molecular complexity index is 548. The Hall–Kier alpha value is -1.65. The van der Waals surface area contributed by atoms with Crippen molar-refractivity contribution in [1.29, 1.82) is 0 Å². The van der Waals surface area contributed by atoms with Crippen molar-refractivity contribution >= 4 is 17.4 Å². The van der Waals surface area contributed by atoms with E-state index in [2.05, 4.69) is 15.3 Å². The molecule has 1 unspecified atom stereocenters. The van der Waals surface area contributed by atoms with Gasteiger partial charge in [-0.05, 0) is 12.8 Å². The molecule has 1 heterocycles. The summed E-state index contributed by atoms with van der Waals surface area (Å²) < 4.78 is 0. The first kappa shape index (κ1) is 14.8. The van der Waals surface area contributed by atoms with E-state index >= 15 is 0 Å². The molecule has 0 aliphatic heterocycles. The zero-order chi connectivity index (χ0) is 14.4. The molecule has 1 aromatic carbocycles. The van der Waals surface area contributed by atoms with Gasteiger partial charge < -0.3 is 10.4 Å². The van der Waals surface area contributed by atoms with Crippen LogP contribution in [-0.2, 0) is 0 Å². The van der Waals surface area contributed by atoms with Crippen LogP contribution >= 0.6 is 11.6 Å². The Labute approximate surface area is 123 Å². The smallest absolute Gasteiger partial charge is 0.163 e. The minimum absolute atomic E-state index is 0.284. The summed E-state index contributed by atoms with van der Waals surface area (Å²) in [6.45, 7) is 2.61. The number of anilines is 1. The van der Waals surface area contributed by atoms with Gasteiger partial charge in [-0.2, -0.15) is 0 Å². The molecule has 0 aliphatic rings. The normalized spacial score (nSPS) is 12.2. The predicted octanol–water partition coefficient (Wildman–Crippen LogP) is 3.37. The number of hydrogen-bond acceptors (Lipinski definition) is 4. The predicted molar refractivity (Wildman–Crippen MR) is 81.9 cm³/mol. The van der Waals surface area contributed by atoms with Gasteiger partial charge in [0.2, 0.25) is 0 Å². The summed E-state index contributed by atoms with van der Waals surface area (Å²) >= 11 is 6.03. The Morgan fingerprint density at radius 3 is 2.70 bits per heavy atom. The van der Waals surface area contributed by atoms with Crippen LogP contribution in [0.15, 0.2) is 36.4 Å². The number of nitrogens with zero attached hydrogens (tertiary/aromatic N) is 2. The first-order valence-electron chi connectivity index (χ1n) is 6.71. The molecule has 1 aromatic heterocycles. The molecule has 2 aromatic rings. The molecule has 0 aliphatic carbocycles. The minimum atomic E-state index is -0.284. The van der Waals surface area contributed by atoms with E-state index in [0.717, 1.165) is 12.0 Å². The molecule has 106 valence electrons. The number of halogens is 1. The van der Waals surface area contributed by atoms with E-state index < -0.39 is 0 Å². The van der Waals surface area contributed by atoms with E-state index in [0.29, 0.717) is 29.8 Å². The standard InChI is InChI=1S/C15H18ClN3O/c1-2-12(20)8-9-17-14-10-13(16)18-15(19-14)11-6-4-3-5-7-11/h3-7,10,12,20H,2,8-9H2,1H3,(H,17,18,19). The molecule has 2 N–H and O–H groups in total. The van der Waals surface area contributed by atoms with Crippen molar-refractivity contribution < 1.29 is 5.11 Å². The van der Waals surface area contributed by atoms with Crippen LogP contribution < -0.4 is 5.32 Å². The highest BCUT2D eigenvalue weighted by Crippen LogP contribution is 2.20. The Morgan fingerprint density at radius 1 is 1.25 bits per heavy atom. The number of aromatic nitrogens is 2. The molecule has 1 atom stereocenters. The highest BCUT2D eigenvalue weighted by atomic mass is 35.5. The van der Waals surface area contributed by atoms with E-state index in [4.69, 9.17) is 11.6 Å². The van der Waals surface area contributed by atoms with Crippen molar-refractivity contribution in [3.05, 3.63) is 41.6 Å². The molecule has 0 saturated heterocycles. The lowest BCUT2D eigenvalue weighted by molar-refractivity contribution is 0.164. The first-order chi connectivity index (χ1) is 9.69. The molecule has 0 radical (unpaired) electrons. The monoisotopic (exact) mass is 291 g/mol. The van der Waals surface area contributed by atoms with Gasteiger partial charge in [0.15, 0.2) is 5.82 Å². The van der Waals surface area contributed by atoms with Crippen LogP contribution in [0.25, 0.3) is 11.4 Å². The lowest BCUT2D eigenvalue weighted by Gasteiger charge is -2.10. The molecular formula is C15H18ClN3O. The van der Waals surface area contributed by atoms with E-state index in [1.54, 1.807) is 6.07 Å². The maximum Gasteiger partial charge on any atom is 0.163 e. The lowest BCUT2D eigenvalue weighted by atomic mass is 10.2.